The van der Waals surface area contributed by atoms with Crippen LogP contribution in [0.1, 0.15) is 55.9 Å². The lowest BCUT2D eigenvalue weighted by Gasteiger charge is -2.57. The number of nitrogens with zero attached hydrogens (tertiary/aromatic N) is 1. The predicted octanol–water partition coefficient (Wildman–Crippen LogP) is 4.85. The molecule has 33 heavy (non-hydrogen) atoms. The van der Waals surface area contributed by atoms with Crippen LogP contribution in [0, 0.1) is 11.3 Å². The maximum Gasteiger partial charge on any atom is 0.192 e. The van der Waals surface area contributed by atoms with E-state index < -0.39 is 0 Å². The maximum atomic E-state index is 6.20. The van der Waals surface area contributed by atoms with E-state index in [1.807, 2.05) is 18.2 Å². The van der Waals surface area contributed by atoms with Gasteiger partial charge >= 0.3 is 0 Å². The quantitative estimate of drug-likeness (QED) is 0.310. The lowest BCUT2D eigenvalue weighted by Crippen LogP contribution is -2.69. The van der Waals surface area contributed by atoms with Crippen molar-refractivity contribution in [2.75, 3.05) is 19.8 Å². The van der Waals surface area contributed by atoms with Crippen LogP contribution >= 0.6 is 24.0 Å². The molecule has 3 fully saturated rings. The van der Waals surface area contributed by atoms with Crippen LogP contribution in [0.5, 0.6) is 5.75 Å². The Morgan fingerprint density at radius 3 is 2.76 bits per heavy atom. The number of fused-ring (bicyclic) bond motifs is 3. The number of ether oxygens (including phenoxy) is 2. The van der Waals surface area contributed by atoms with Gasteiger partial charge in [0, 0.05) is 48.9 Å². The zero-order valence-electron chi connectivity index (χ0n) is 19.0. The Balaban J connectivity index is 0.00000228. The lowest BCUT2D eigenvalue weighted by molar-refractivity contribution is -0.125. The molecule has 2 N–H and O–H groups in total. The molecule has 2 saturated carbocycles. The second-order valence-electron chi connectivity index (χ2n) is 9.74. The fraction of sp³-hybridized carbons (Fsp3) is 0.577. The van der Waals surface area contributed by atoms with Gasteiger partial charge in [-0.2, -0.15) is 0 Å². The summed E-state index contributed by atoms with van der Waals surface area (Å²) < 4.78 is 17.6. The molecule has 0 radical (unpaired) electrons. The number of furan rings is 1. The van der Waals surface area contributed by atoms with Crippen LogP contribution in [0.15, 0.2) is 52.1 Å². The second kappa shape index (κ2) is 9.86. The zero-order chi connectivity index (χ0) is 21.4. The summed E-state index contributed by atoms with van der Waals surface area (Å²) in [6.45, 7) is 2.32. The van der Waals surface area contributed by atoms with Crippen molar-refractivity contribution in [1.82, 2.24) is 10.6 Å². The van der Waals surface area contributed by atoms with Crippen molar-refractivity contribution in [2.45, 2.75) is 63.1 Å². The van der Waals surface area contributed by atoms with Gasteiger partial charge in [0.25, 0.3) is 0 Å². The summed E-state index contributed by atoms with van der Waals surface area (Å²) >= 11 is 0. The molecule has 0 amide bonds. The van der Waals surface area contributed by atoms with Gasteiger partial charge in [-0.15, -0.1) is 24.0 Å². The predicted molar refractivity (Wildman–Crippen MR) is 138 cm³/mol. The highest BCUT2D eigenvalue weighted by Gasteiger charge is 2.65. The summed E-state index contributed by atoms with van der Waals surface area (Å²) in [5, 5.41) is 7.67. The number of guanidine groups is 1. The highest BCUT2D eigenvalue weighted by molar-refractivity contribution is 14.0. The van der Waals surface area contributed by atoms with E-state index >= 15 is 0 Å². The largest absolute Gasteiger partial charge is 0.493 e. The van der Waals surface area contributed by atoms with Gasteiger partial charge in [-0.25, -0.2) is 0 Å². The Morgan fingerprint density at radius 2 is 1.91 bits per heavy atom. The van der Waals surface area contributed by atoms with Gasteiger partial charge in [-0.05, 0) is 37.5 Å². The molecule has 2 aromatic rings. The number of benzene rings is 1. The standard InChI is InChI=1S/C26H33N3O3.HI/c1-2-8-22-19(7-1)21(11-17-31-22)28-25(27-14-9-18-6-5-15-30-18)29-23-20-10-16-32-24(20)26(23)12-3-4-13-26;/h1-2,5-8,15,20-21,23-24H,3-4,9-14,16-17H2,(H2,27,28,29);1H. The number of aliphatic imine (C=N–C) groups is 1. The van der Waals surface area contributed by atoms with Crippen molar-refractivity contribution < 1.29 is 13.9 Å². The van der Waals surface area contributed by atoms with Crippen LogP contribution in [0.3, 0.4) is 0 Å². The van der Waals surface area contributed by atoms with Gasteiger partial charge in [0.1, 0.15) is 11.5 Å². The third-order valence-corrected chi connectivity index (χ3v) is 8.06. The molecule has 6 rings (SSSR count). The van der Waals surface area contributed by atoms with Crippen molar-refractivity contribution in [3.05, 3.63) is 54.0 Å². The minimum atomic E-state index is 0. The molecule has 1 saturated heterocycles. The monoisotopic (exact) mass is 563 g/mol. The van der Waals surface area contributed by atoms with E-state index in [4.69, 9.17) is 18.9 Å². The fourth-order valence-electron chi connectivity index (χ4n) is 6.57. The van der Waals surface area contributed by atoms with E-state index in [1.165, 1.54) is 31.2 Å². The summed E-state index contributed by atoms with van der Waals surface area (Å²) in [5.74, 6) is 3.48. The number of halogens is 1. The molecule has 2 aliphatic heterocycles. The van der Waals surface area contributed by atoms with E-state index in [0.717, 1.165) is 49.9 Å². The molecule has 2 aliphatic carbocycles. The number of hydrogen-bond acceptors (Lipinski definition) is 4. The Labute approximate surface area is 212 Å². The fourth-order valence-corrected chi connectivity index (χ4v) is 6.57. The molecule has 0 bridgehead atoms. The third kappa shape index (κ3) is 4.27. The zero-order valence-corrected chi connectivity index (χ0v) is 21.3. The lowest BCUT2D eigenvalue weighted by atomic mass is 9.54. The molecule has 4 atom stereocenters. The van der Waals surface area contributed by atoms with Gasteiger partial charge in [-0.3, -0.25) is 4.99 Å². The summed E-state index contributed by atoms with van der Waals surface area (Å²) in [5.41, 5.74) is 1.50. The Bertz CT molecular complexity index is 957. The molecule has 178 valence electrons. The highest BCUT2D eigenvalue weighted by Crippen LogP contribution is 2.60. The van der Waals surface area contributed by atoms with E-state index in [9.17, 15) is 0 Å². The first-order valence-corrected chi connectivity index (χ1v) is 12.3. The Kier molecular flexibility index (Phi) is 6.88. The normalized spacial score (nSPS) is 29.4. The number of rotatable bonds is 5. The molecule has 7 heteroatoms. The Hall–Kier alpha value is -1.74. The molecule has 1 aromatic carbocycles. The van der Waals surface area contributed by atoms with Gasteiger partial charge in [0.2, 0.25) is 0 Å². The molecule has 6 nitrogen and oxygen atoms in total. The van der Waals surface area contributed by atoms with Gasteiger partial charge in [-0.1, -0.05) is 31.0 Å². The van der Waals surface area contributed by atoms with Crippen LogP contribution in [0.2, 0.25) is 0 Å². The molecule has 1 spiro atoms. The molecule has 4 unspecified atom stereocenters. The van der Waals surface area contributed by atoms with Crippen molar-refractivity contribution in [1.29, 1.82) is 0 Å². The third-order valence-electron chi connectivity index (χ3n) is 8.06. The van der Waals surface area contributed by atoms with Crippen LogP contribution in [-0.4, -0.2) is 37.9 Å². The molecular weight excluding hydrogens is 529 g/mol. The first kappa shape index (κ1) is 23.0. The molecular formula is C26H34IN3O3. The van der Waals surface area contributed by atoms with Gasteiger partial charge in [0.05, 0.1) is 25.0 Å². The first-order chi connectivity index (χ1) is 15.8. The minimum Gasteiger partial charge on any atom is -0.493 e. The number of para-hydroxylation sites is 1. The van der Waals surface area contributed by atoms with E-state index in [-0.39, 0.29) is 35.4 Å². The van der Waals surface area contributed by atoms with E-state index in [1.54, 1.807) is 6.26 Å². The van der Waals surface area contributed by atoms with E-state index in [0.29, 0.717) is 24.6 Å². The number of hydrogen-bond donors (Lipinski definition) is 2. The van der Waals surface area contributed by atoms with Crippen LogP contribution < -0.4 is 15.4 Å². The minimum absolute atomic E-state index is 0. The number of nitrogens with one attached hydrogen (secondary N) is 2. The average Bonchev–Trinajstić information content (AvgIpc) is 3.59. The first-order valence-electron chi connectivity index (χ1n) is 12.3. The molecule has 4 aliphatic rings. The average molecular weight is 563 g/mol. The van der Waals surface area contributed by atoms with Crippen LogP contribution in [0.25, 0.3) is 0 Å². The van der Waals surface area contributed by atoms with Crippen LogP contribution in [-0.2, 0) is 11.2 Å². The summed E-state index contributed by atoms with van der Waals surface area (Å²) in [7, 11) is 0. The van der Waals surface area contributed by atoms with E-state index in [2.05, 4.69) is 28.8 Å². The van der Waals surface area contributed by atoms with Crippen molar-refractivity contribution in [2.24, 2.45) is 16.3 Å². The second-order valence-corrected chi connectivity index (χ2v) is 9.74. The van der Waals surface area contributed by atoms with Crippen molar-refractivity contribution in [3.63, 3.8) is 0 Å². The summed E-state index contributed by atoms with van der Waals surface area (Å²) in [4.78, 5) is 5.01. The van der Waals surface area contributed by atoms with Crippen molar-refractivity contribution in [3.8, 4) is 5.75 Å². The smallest absolute Gasteiger partial charge is 0.192 e. The summed E-state index contributed by atoms with van der Waals surface area (Å²) in [6, 6.07) is 12.9. The van der Waals surface area contributed by atoms with Crippen LogP contribution in [0.4, 0.5) is 0 Å². The molecule has 3 heterocycles. The Morgan fingerprint density at radius 1 is 1.03 bits per heavy atom. The summed E-state index contributed by atoms with van der Waals surface area (Å²) in [6.07, 6.45) is 10.2. The highest BCUT2D eigenvalue weighted by atomic mass is 127. The SMILES string of the molecule is I.c1coc(CCN=C(NC2CCOc3ccccc32)NC2C3CCOC3C23CCCC3)c1. The van der Waals surface area contributed by atoms with Gasteiger partial charge in [0.15, 0.2) is 5.96 Å². The topological polar surface area (TPSA) is 68.0 Å². The maximum absolute atomic E-state index is 6.20. The molecule has 1 aromatic heterocycles. The van der Waals surface area contributed by atoms with Gasteiger partial charge < -0.3 is 24.5 Å². The van der Waals surface area contributed by atoms with Crippen molar-refractivity contribution >= 4 is 29.9 Å².